The van der Waals surface area contributed by atoms with Gasteiger partial charge in [0, 0.05) is 17.7 Å². The fraction of sp³-hybridized carbons (Fsp3) is 0.222. The van der Waals surface area contributed by atoms with Gasteiger partial charge in [0.2, 0.25) is 0 Å². The van der Waals surface area contributed by atoms with Gasteiger partial charge in [-0.3, -0.25) is 14.9 Å². The lowest BCUT2D eigenvalue weighted by Crippen LogP contribution is -2.24. The van der Waals surface area contributed by atoms with Crippen LogP contribution in [0.2, 0.25) is 0 Å². The first-order valence-corrected chi connectivity index (χ1v) is 7.75. The zero-order chi connectivity index (χ0) is 19.1. The molecule has 2 aromatic carbocycles. The third-order valence-corrected chi connectivity index (χ3v) is 3.67. The van der Waals surface area contributed by atoms with Crippen LogP contribution in [0.25, 0.3) is 0 Å². The zero-order valence-corrected chi connectivity index (χ0v) is 14.7. The number of nitro groups is 1. The average molecular weight is 357 g/mol. The standard InChI is InChI=1S/C18H19N3O5/c1-12-4-6-16(8-13(12)2)26-11-18(22)20-19-10-14-9-15(21(23)24)5-7-17(14)25-3/h4-10H,11H2,1-3H3,(H,20,22). The fourth-order valence-electron chi connectivity index (χ4n) is 2.09. The molecule has 1 amide bonds. The molecule has 2 aromatic rings. The van der Waals surface area contributed by atoms with Crippen LogP contribution < -0.4 is 14.9 Å². The van der Waals surface area contributed by atoms with E-state index in [0.717, 1.165) is 11.1 Å². The summed E-state index contributed by atoms with van der Waals surface area (Å²) in [6.07, 6.45) is 1.28. The molecule has 0 saturated heterocycles. The zero-order valence-electron chi connectivity index (χ0n) is 14.7. The number of methoxy groups -OCH3 is 1. The second kappa shape index (κ2) is 8.61. The molecule has 0 spiro atoms. The van der Waals surface area contributed by atoms with E-state index in [4.69, 9.17) is 9.47 Å². The van der Waals surface area contributed by atoms with Crippen LogP contribution in [0, 0.1) is 24.0 Å². The van der Waals surface area contributed by atoms with E-state index in [1.165, 1.54) is 31.5 Å². The minimum Gasteiger partial charge on any atom is -0.496 e. The normalized spacial score (nSPS) is 10.6. The van der Waals surface area contributed by atoms with Gasteiger partial charge in [0.05, 0.1) is 18.2 Å². The molecule has 8 nitrogen and oxygen atoms in total. The molecule has 0 bridgehead atoms. The van der Waals surface area contributed by atoms with Crippen molar-refractivity contribution in [2.75, 3.05) is 13.7 Å². The molecular formula is C18H19N3O5. The number of hydrogen-bond acceptors (Lipinski definition) is 6. The third-order valence-electron chi connectivity index (χ3n) is 3.67. The van der Waals surface area contributed by atoms with Crippen LogP contribution in [0.1, 0.15) is 16.7 Å². The number of hydrogen-bond donors (Lipinski definition) is 1. The minimum absolute atomic E-state index is 0.100. The van der Waals surface area contributed by atoms with Gasteiger partial charge >= 0.3 is 0 Å². The van der Waals surface area contributed by atoms with E-state index in [9.17, 15) is 14.9 Å². The molecule has 0 aliphatic carbocycles. The Morgan fingerprint density at radius 2 is 2.00 bits per heavy atom. The van der Waals surface area contributed by atoms with Gasteiger partial charge in [-0.15, -0.1) is 0 Å². The number of nitro benzene ring substituents is 1. The number of rotatable bonds is 7. The van der Waals surface area contributed by atoms with Crippen LogP contribution >= 0.6 is 0 Å². The lowest BCUT2D eigenvalue weighted by atomic mass is 10.1. The summed E-state index contributed by atoms with van der Waals surface area (Å²) in [7, 11) is 1.44. The molecular weight excluding hydrogens is 338 g/mol. The van der Waals surface area contributed by atoms with Crippen molar-refractivity contribution in [3.8, 4) is 11.5 Å². The number of ether oxygens (including phenoxy) is 2. The summed E-state index contributed by atoms with van der Waals surface area (Å²) in [4.78, 5) is 22.1. The molecule has 1 N–H and O–H groups in total. The van der Waals surface area contributed by atoms with Gasteiger partial charge in [-0.2, -0.15) is 5.10 Å². The number of amides is 1. The molecule has 26 heavy (non-hydrogen) atoms. The number of aryl methyl sites for hydroxylation is 2. The smallest absolute Gasteiger partial charge is 0.277 e. The molecule has 136 valence electrons. The molecule has 0 fully saturated rings. The lowest BCUT2D eigenvalue weighted by Gasteiger charge is -2.07. The van der Waals surface area contributed by atoms with Gasteiger partial charge in [0.25, 0.3) is 11.6 Å². The van der Waals surface area contributed by atoms with Crippen molar-refractivity contribution in [1.29, 1.82) is 0 Å². The quantitative estimate of drug-likeness (QED) is 0.466. The van der Waals surface area contributed by atoms with Crippen LogP contribution in [0.4, 0.5) is 5.69 Å². The second-order valence-electron chi connectivity index (χ2n) is 5.51. The summed E-state index contributed by atoms with van der Waals surface area (Å²) >= 11 is 0. The van der Waals surface area contributed by atoms with E-state index < -0.39 is 10.8 Å². The molecule has 0 atom stereocenters. The fourth-order valence-corrected chi connectivity index (χ4v) is 2.09. The van der Waals surface area contributed by atoms with Crippen molar-refractivity contribution in [2.24, 2.45) is 5.10 Å². The second-order valence-corrected chi connectivity index (χ2v) is 5.51. The molecule has 0 radical (unpaired) electrons. The molecule has 0 heterocycles. The van der Waals surface area contributed by atoms with Gasteiger partial charge in [-0.1, -0.05) is 6.07 Å². The topological polar surface area (TPSA) is 103 Å². The van der Waals surface area contributed by atoms with Gasteiger partial charge < -0.3 is 9.47 Å². The first-order valence-electron chi connectivity index (χ1n) is 7.75. The molecule has 8 heteroatoms. The number of carbonyl (C=O) groups excluding carboxylic acids is 1. The van der Waals surface area contributed by atoms with Gasteiger partial charge in [0.15, 0.2) is 6.61 Å². The number of benzene rings is 2. The monoisotopic (exact) mass is 357 g/mol. The Labute approximate surface area is 150 Å². The van der Waals surface area contributed by atoms with E-state index in [1.807, 2.05) is 26.0 Å². The van der Waals surface area contributed by atoms with Gasteiger partial charge in [0.1, 0.15) is 11.5 Å². The van der Waals surface area contributed by atoms with Gasteiger partial charge in [-0.25, -0.2) is 5.43 Å². The van der Waals surface area contributed by atoms with Crippen LogP contribution in [0.3, 0.4) is 0 Å². The first-order chi connectivity index (χ1) is 12.4. The highest BCUT2D eigenvalue weighted by atomic mass is 16.6. The van der Waals surface area contributed by atoms with Crippen molar-refractivity contribution in [3.63, 3.8) is 0 Å². The van der Waals surface area contributed by atoms with E-state index >= 15 is 0 Å². The molecule has 2 rings (SSSR count). The number of nitrogens with zero attached hydrogens (tertiary/aromatic N) is 2. The summed E-state index contributed by atoms with van der Waals surface area (Å²) in [5.41, 5.74) is 4.78. The van der Waals surface area contributed by atoms with Crippen molar-refractivity contribution in [3.05, 3.63) is 63.2 Å². The van der Waals surface area contributed by atoms with Crippen LogP contribution in [-0.4, -0.2) is 30.8 Å². The summed E-state index contributed by atoms with van der Waals surface area (Å²) in [6.45, 7) is 3.74. The summed E-state index contributed by atoms with van der Waals surface area (Å²) in [5.74, 6) is 0.538. The van der Waals surface area contributed by atoms with Crippen LogP contribution in [-0.2, 0) is 4.79 Å². The average Bonchev–Trinajstić information content (AvgIpc) is 2.62. The highest BCUT2D eigenvalue weighted by Crippen LogP contribution is 2.22. The Bertz CT molecular complexity index is 849. The molecule has 0 aliphatic heterocycles. The Kier molecular flexibility index (Phi) is 6.26. The Morgan fingerprint density at radius 3 is 2.65 bits per heavy atom. The molecule has 0 aromatic heterocycles. The molecule has 0 saturated carbocycles. The highest BCUT2D eigenvalue weighted by molar-refractivity contribution is 5.86. The number of nitrogens with one attached hydrogen (secondary N) is 1. The largest absolute Gasteiger partial charge is 0.496 e. The number of carbonyl (C=O) groups is 1. The van der Waals surface area contributed by atoms with Crippen molar-refractivity contribution in [1.82, 2.24) is 5.43 Å². The highest BCUT2D eigenvalue weighted by Gasteiger charge is 2.10. The Morgan fingerprint density at radius 1 is 1.23 bits per heavy atom. The Hall–Kier alpha value is -3.42. The predicted molar refractivity (Wildman–Crippen MR) is 96.8 cm³/mol. The number of non-ortho nitro benzene ring substituents is 1. The predicted octanol–water partition coefficient (Wildman–Crippen LogP) is 2.75. The van der Waals surface area contributed by atoms with Crippen LogP contribution in [0.5, 0.6) is 11.5 Å². The Balaban J connectivity index is 1.95. The van der Waals surface area contributed by atoms with E-state index in [2.05, 4.69) is 10.5 Å². The van der Waals surface area contributed by atoms with E-state index in [1.54, 1.807) is 6.07 Å². The summed E-state index contributed by atoms with van der Waals surface area (Å²) < 4.78 is 10.5. The third kappa shape index (κ3) is 5.04. The maximum atomic E-state index is 11.8. The van der Waals surface area contributed by atoms with Gasteiger partial charge in [-0.05, 0) is 43.2 Å². The van der Waals surface area contributed by atoms with Crippen molar-refractivity contribution >= 4 is 17.8 Å². The maximum absolute atomic E-state index is 11.8. The summed E-state index contributed by atoms with van der Waals surface area (Å²) in [6, 6.07) is 9.64. The SMILES string of the molecule is COc1ccc([N+](=O)[O-])cc1C=NNC(=O)COc1ccc(C)c(C)c1. The van der Waals surface area contributed by atoms with Crippen LogP contribution in [0.15, 0.2) is 41.5 Å². The maximum Gasteiger partial charge on any atom is 0.277 e. The lowest BCUT2D eigenvalue weighted by molar-refractivity contribution is -0.384. The van der Waals surface area contributed by atoms with Crippen molar-refractivity contribution < 1.29 is 19.2 Å². The first kappa shape index (κ1) is 18.9. The minimum atomic E-state index is -0.521. The molecule has 0 aliphatic rings. The van der Waals surface area contributed by atoms with E-state index in [0.29, 0.717) is 17.1 Å². The molecule has 0 unspecified atom stereocenters. The van der Waals surface area contributed by atoms with E-state index in [-0.39, 0.29) is 12.3 Å². The van der Waals surface area contributed by atoms with Crippen molar-refractivity contribution in [2.45, 2.75) is 13.8 Å². The number of hydrazone groups is 1. The summed E-state index contributed by atoms with van der Waals surface area (Å²) in [5, 5.41) is 14.6.